The van der Waals surface area contributed by atoms with Crippen molar-refractivity contribution in [2.45, 2.75) is 66.3 Å². The Hall–Kier alpha value is -0.0800. The Kier molecular flexibility index (Phi) is 6.65. The molecule has 0 aromatic rings. The van der Waals surface area contributed by atoms with Crippen molar-refractivity contribution >= 4 is 0 Å². The number of nitrogens with zero attached hydrogens (tertiary/aromatic N) is 1. The summed E-state index contributed by atoms with van der Waals surface area (Å²) in [6.45, 7) is 16.7. The highest BCUT2D eigenvalue weighted by Crippen LogP contribution is 2.26. The van der Waals surface area contributed by atoms with Crippen molar-refractivity contribution in [3.8, 4) is 0 Å². The molecule has 2 nitrogen and oxygen atoms in total. The summed E-state index contributed by atoms with van der Waals surface area (Å²) in [5.41, 5.74) is 0.444. The van der Waals surface area contributed by atoms with Crippen LogP contribution in [0.3, 0.4) is 0 Å². The average Bonchev–Trinajstić information content (AvgIpc) is 2.30. The van der Waals surface area contributed by atoms with Crippen LogP contribution in [0, 0.1) is 11.3 Å². The van der Waals surface area contributed by atoms with E-state index in [1.54, 1.807) is 0 Å². The fourth-order valence-corrected chi connectivity index (χ4v) is 3.04. The van der Waals surface area contributed by atoms with Crippen LogP contribution >= 0.6 is 0 Å². The summed E-state index contributed by atoms with van der Waals surface area (Å²) in [7, 11) is 0. The van der Waals surface area contributed by atoms with Crippen LogP contribution in [0.15, 0.2) is 0 Å². The molecule has 2 heteroatoms. The quantitative estimate of drug-likeness (QED) is 0.748. The number of nitrogens with one attached hydrogen (secondary N) is 1. The fourth-order valence-electron chi connectivity index (χ4n) is 3.04. The maximum atomic E-state index is 3.64. The van der Waals surface area contributed by atoms with Crippen molar-refractivity contribution in [3.05, 3.63) is 0 Å². The molecule has 1 aliphatic heterocycles. The Morgan fingerprint density at radius 1 is 1.28 bits per heavy atom. The molecular formula is C16H34N2. The minimum Gasteiger partial charge on any atom is -0.314 e. The second kappa shape index (κ2) is 7.49. The molecule has 108 valence electrons. The van der Waals surface area contributed by atoms with Gasteiger partial charge in [0.25, 0.3) is 0 Å². The summed E-state index contributed by atoms with van der Waals surface area (Å²) >= 11 is 0. The molecule has 0 amide bonds. The second-order valence-electron chi connectivity index (χ2n) is 7.05. The average molecular weight is 254 g/mol. The Morgan fingerprint density at radius 2 is 1.89 bits per heavy atom. The third-order valence-electron chi connectivity index (χ3n) is 4.27. The van der Waals surface area contributed by atoms with Crippen LogP contribution in [0.4, 0.5) is 0 Å². The van der Waals surface area contributed by atoms with E-state index in [1.165, 1.54) is 45.3 Å². The van der Waals surface area contributed by atoms with Gasteiger partial charge >= 0.3 is 0 Å². The molecule has 0 bridgehead atoms. The SMILES string of the molecule is CCCC(C)(CNC(C)C)CN1CCC(C)CC1. The second-order valence-corrected chi connectivity index (χ2v) is 7.05. The zero-order chi connectivity index (χ0) is 13.6. The molecule has 0 aromatic heterocycles. The summed E-state index contributed by atoms with van der Waals surface area (Å²) in [5, 5.41) is 3.64. The summed E-state index contributed by atoms with van der Waals surface area (Å²) in [6, 6.07) is 0.600. The molecule has 1 rings (SSSR count). The monoisotopic (exact) mass is 254 g/mol. The van der Waals surface area contributed by atoms with E-state index in [4.69, 9.17) is 0 Å². The first kappa shape index (κ1) is 16.0. The van der Waals surface area contributed by atoms with Gasteiger partial charge in [-0.25, -0.2) is 0 Å². The first-order chi connectivity index (χ1) is 8.45. The number of hydrogen-bond acceptors (Lipinski definition) is 2. The van der Waals surface area contributed by atoms with E-state index < -0.39 is 0 Å². The predicted molar refractivity (Wildman–Crippen MR) is 81.0 cm³/mol. The van der Waals surface area contributed by atoms with Gasteiger partial charge in [0.15, 0.2) is 0 Å². The third kappa shape index (κ3) is 5.71. The third-order valence-corrected chi connectivity index (χ3v) is 4.27. The van der Waals surface area contributed by atoms with Gasteiger partial charge in [-0.05, 0) is 43.7 Å². The molecule has 18 heavy (non-hydrogen) atoms. The summed E-state index contributed by atoms with van der Waals surface area (Å²) < 4.78 is 0. The van der Waals surface area contributed by atoms with Crippen LogP contribution in [-0.2, 0) is 0 Å². The van der Waals surface area contributed by atoms with E-state index in [0.29, 0.717) is 11.5 Å². The van der Waals surface area contributed by atoms with Gasteiger partial charge in [-0.2, -0.15) is 0 Å². The molecule has 0 spiro atoms. The molecule has 1 aliphatic rings. The molecule has 1 atom stereocenters. The lowest BCUT2D eigenvalue weighted by molar-refractivity contribution is 0.113. The van der Waals surface area contributed by atoms with Crippen molar-refractivity contribution in [1.29, 1.82) is 0 Å². The van der Waals surface area contributed by atoms with Gasteiger partial charge in [0.2, 0.25) is 0 Å². The lowest BCUT2D eigenvalue weighted by atomic mass is 9.83. The minimum atomic E-state index is 0.444. The maximum Gasteiger partial charge on any atom is 0.00475 e. The van der Waals surface area contributed by atoms with Crippen LogP contribution in [0.2, 0.25) is 0 Å². The first-order valence-electron chi connectivity index (χ1n) is 7.91. The van der Waals surface area contributed by atoms with Crippen LogP contribution in [0.5, 0.6) is 0 Å². The van der Waals surface area contributed by atoms with Crippen molar-refractivity contribution < 1.29 is 0 Å². The summed E-state index contributed by atoms with van der Waals surface area (Å²) in [6.07, 6.45) is 5.40. The largest absolute Gasteiger partial charge is 0.314 e. The molecule has 1 heterocycles. The smallest absolute Gasteiger partial charge is 0.00475 e. The highest BCUT2D eigenvalue weighted by molar-refractivity contribution is 4.83. The van der Waals surface area contributed by atoms with Crippen molar-refractivity contribution in [2.24, 2.45) is 11.3 Å². The van der Waals surface area contributed by atoms with Crippen LogP contribution in [-0.4, -0.2) is 37.1 Å². The molecular weight excluding hydrogens is 220 g/mol. The highest BCUT2D eigenvalue weighted by atomic mass is 15.1. The van der Waals surface area contributed by atoms with E-state index in [1.807, 2.05) is 0 Å². The van der Waals surface area contributed by atoms with E-state index in [0.717, 1.165) is 12.5 Å². The van der Waals surface area contributed by atoms with E-state index in [9.17, 15) is 0 Å². The molecule has 0 aromatic carbocycles. The summed E-state index contributed by atoms with van der Waals surface area (Å²) in [5.74, 6) is 0.937. The van der Waals surface area contributed by atoms with E-state index in [-0.39, 0.29) is 0 Å². The fraction of sp³-hybridized carbons (Fsp3) is 1.00. The van der Waals surface area contributed by atoms with Gasteiger partial charge in [-0.3, -0.25) is 0 Å². The van der Waals surface area contributed by atoms with Crippen molar-refractivity contribution in [2.75, 3.05) is 26.2 Å². The van der Waals surface area contributed by atoms with Crippen LogP contribution in [0.25, 0.3) is 0 Å². The zero-order valence-corrected chi connectivity index (χ0v) is 13.3. The Balaban J connectivity index is 2.44. The van der Waals surface area contributed by atoms with Gasteiger partial charge in [-0.1, -0.05) is 41.0 Å². The van der Waals surface area contributed by atoms with Crippen molar-refractivity contribution in [3.63, 3.8) is 0 Å². The molecule has 0 saturated carbocycles. The lowest BCUT2D eigenvalue weighted by Crippen LogP contribution is -2.46. The number of hydrogen-bond donors (Lipinski definition) is 1. The Morgan fingerprint density at radius 3 is 2.39 bits per heavy atom. The minimum absolute atomic E-state index is 0.444. The van der Waals surface area contributed by atoms with Gasteiger partial charge in [-0.15, -0.1) is 0 Å². The number of piperidine rings is 1. The molecule has 1 saturated heterocycles. The van der Waals surface area contributed by atoms with Crippen LogP contribution < -0.4 is 5.32 Å². The van der Waals surface area contributed by atoms with Gasteiger partial charge < -0.3 is 10.2 Å². The first-order valence-corrected chi connectivity index (χ1v) is 7.91. The van der Waals surface area contributed by atoms with E-state index >= 15 is 0 Å². The predicted octanol–water partition coefficient (Wildman–Crippen LogP) is 3.52. The Labute approximate surface area is 115 Å². The van der Waals surface area contributed by atoms with E-state index in [2.05, 4.69) is 44.8 Å². The normalized spacial score (nSPS) is 22.3. The topological polar surface area (TPSA) is 15.3 Å². The van der Waals surface area contributed by atoms with Crippen LogP contribution in [0.1, 0.15) is 60.3 Å². The number of likely N-dealkylation sites (tertiary alicyclic amines) is 1. The maximum absolute atomic E-state index is 3.64. The molecule has 0 aliphatic carbocycles. The van der Waals surface area contributed by atoms with Gasteiger partial charge in [0.05, 0.1) is 0 Å². The molecule has 1 N–H and O–H groups in total. The molecule has 0 radical (unpaired) electrons. The summed E-state index contributed by atoms with van der Waals surface area (Å²) in [4.78, 5) is 2.69. The molecule has 1 unspecified atom stereocenters. The highest BCUT2D eigenvalue weighted by Gasteiger charge is 2.28. The standard InChI is InChI=1S/C16H34N2/c1-6-9-16(5,12-17-14(2)3)13-18-10-7-15(4)8-11-18/h14-15,17H,6-13H2,1-5H3. The lowest BCUT2D eigenvalue weighted by Gasteiger charge is -2.39. The van der Waals surface area contributed by atoms with Crippen molar-refractivity contribution in [1.82, 2.24) is 10.2 Å². The number of rotatable bonds is 7. The van der Waals surface area contributed by atoms with Gasteiger partial charge in [0, 0.05) is 19.1 Å². The Bertz CT molecular complexity index is 219. The zero-order valence-electron chi connectivity index (χ0n) is 13.3. The molecule has 1 fully saturated rings. The van der Waals surface area contributed by atoms with Gasteiger partial charge in [0.1, 0.15) is 0 Å².